The highest BCUT2D eigenvalue weighted by atomic mass is 16.6. The number of amides is 1. The van der Waals surface area contributed by atoms with Crippen LogP contribution < -0.4 is 10.5 Å². The van der Waals surface area contributed by atoms with E-state index < -0.39 is 10.8 Å². The molecule has 0 saturated carbocycles. The standard InChI is InChI=1S/C14H13N3O5/c1-9-14(17(19)20)12(22-16-9)7-6-10-4-2-3-5-11(10)21-8-13(15)18/h2-7H,8H2,1H3,(H2,15,18). The number of hydrogen-bond acceptors (Lipinski definition) is 6. The second kappa shape index (κ2) is 6.53. The van der Waals surface area contributed by atoms with Crippen molar-refractivity contribution < 1.29 is 19.0 Å². The minimum atomic E-state index is -0.597. The monoisotopic (exact) mass is 303 g/mol. The molecule has 0 spiro atoms. The molecular weight excluding hydrogens is 290 g/mol. The number of para-hydroxylation sites is 1. The molecule has 0 aliphatic carbocycles. The topological polar surface area (TPSA) is 121 Å². The fourth-order valence-electron chi connectivity index (χ4n) is 1.78. The summed E-state index contributed by atoms with van der Waals surface area (Å²) in [6, 6.07) is 6.87. The molecule has 0 aliphatic rings. The van der Waals surface area contributed by atoms with Crippen LogP contribution in [0.3, 0.4) is 0 Å². The summed E-state index contributed by atoms with van der Waals surface area (Å²) in [5.74, 6) is -0.135. The van der Waals surface area contributed by atoms with Crippen molar-refractivity contribution in [2.75, 3.05) is 6.61 Å². The molecule has 2 N–H and O–H groups in total. The van der Waals surface area contributed by atoms with E-state index >= 15 is 0 Å². The predicted molar refractivity (Wildman–Crippen MR) is 78.0 cm³/mol. The maximum atomic E-state index is 11.0. The molecule has 8 nitrogen and oxygen atoms in total. The van der Waals surface area contributed by atoms with Crippen molar-refractivity contribution in [1.29, 1.82) is 0 Å². The Kier molecular flexibility index (Phi) is 4.52. The van der Waals surface area contributed by atoms with Gasteiger partial charge in [-0.3, -0.25) is 14.9 Å². The third kappa shape index (κ3) is 3.48. The van der Waals surface area contributed by atoms with Gasteiger partial charge >= 0.3 is 5.69 Å². The summed E-state index contributed by atoms with van der Waals surface area (Å²) < 4.78 is 10.2. The zero-order valence-electron chi connectivity index (χ0n) is 11.7. The lowest BCUT2D eigenvalue weighted by molar-refractivity contribution is -0.386. The van der Waals surface area contributed by atoms with Gasteiger partial charge < -0.3 is 15.0 Å². The predicted octanol–water partition coefficient (Wildman–Crippen LogP) is 1.93. The van der Waals surface area contributed by atoms with Crippen molar-refractivity contribution in [1.82, 2.24) is 5.16 Å². The molecular formula is C14H13N3O5. The van der Waals surface area contributed by atoms with Gasteiger partial charge in [-0.25, -0.2) is 0 Å². The summed E-state index contributed by atoms with van der Waals surface area (Å²) in [6.07, 6.45) is 2.99. The van der Waals surface area contributed by atoms with Gasteiger partial charge in [0.05, 0.1) is 4.92 Å². The van der Waals surface area contributed by atoms with Crippen LogP contribution in [-0.4, -0.2) is 22.6 Å². The van der Waals surface area contributed by atoms with Gasteiger partial charge in [0.2, 0.25) is 5.76 Å². The van der Waals surface area contributed by atoms with Gasteiger partial charge in [0.15, 0.2) is 12.3 Å². The molecule has 0 unspecified atom stereocenters. The van der Waals surface area contributed by atoms with Crippen LogP contribution in [0.25, 0.3) is 12.2 Å². The number of carbonyl (C=O) groups excluding carboxylic acids is 1. The van der Waals surface area contributed by atoms with Gasteiger partial charge in [-0.2, -0.15) is 0 Å². The second-order valence-electron chi connectivity index (χ2n) is 4.36. The normalized spacial score (nSPS) is 10.8. The molecule has 1 aromatic carbocycles. The van der Waals surface area contributed by atoms with Crippen LogP contribution in [0.1, 0.15) is 17.0 Å². The number of ether oxygens (including phenoxy) is 1. The Morgan fingerprint density at radius 3 is 2.86 bits per heavy atom. The quantitative estimate of drug-likeness (QED) is 0.642. The fourth-order valence-corrected chi connectivity index (χ4v) is 1.78. The molecule has 0 radical (unpaired) electrons. The number of aromatic nitrogens is 1. The maximum absolute atomic E-state index is 11.0. The molecule has 1 aromatic heterocycles. The number of hydrogen-bond donors (Lipinski definition) is 1. The zero-order chi connectivity index (χ0) is 16.1. The smallest absolute Gasteiger partial charge is 0.338 e. The average Bonchev–Trinajstić information content (AvgIpc) is 2.84. The summed E-state index contributed by atoms with van der Waals surface area (Å²) in [5.41, 5.74) is 5.66. The number of rotatable bonds is 6. The van der Waals surface area contributed by atoms with E-state index in [2.05, 4.69) is 5.16 Å². The van der Waals surface area contributed by atoms with E-state index in [0.29, 0.717) is 11.3 Å². The first kappa shape index (κ1) is 15.2. The Morgan fingerprint density at radius 2 is 2.18 bits per heavy atom. The van der Waals surface area contributed by atoms with E-state index in [1.165, 1.54) is 13.0 Å². The molecule has 0 fully saturated rings. The number of benzene rings is 1. The Bertz CT molecular complexity index is 736. The van der Waals surface area contributed by atoms with Crippen LogP contribution in [0.4, 0.5) is 5.69 Å². The first-order chi connectivity index (χ1) is 10.5. The first-order valence-electron chi connectivity index (χ1n) is 6.28. The van der Waals surface area contributed by atoms with Crippen molar-refractivity contribution in [3.8, 4) is 5.75 Å². The first-order valence-corrected chi connectivity index (χ1v) is 6.28. The molecule has 8 heteroatoms. The zero-order valence-corrected chi connectivity index (χ0v) is 11.7. The van der Waals surface area contributed by atoms with Crippen LogP contribution in [-0.2, 0) is 4.79 Å². The van der Waals surface area contributed by atoms with Crippen molar-refractivity contribution in [3.05, 3.63) is 51.4 Å². The molecule has 114 valence electrons. The van der Waals surface area contributed by atoms with Crippen molar-refractivity contribution >= 4 is 23.7 Å². The Morgan fingerprint density at radius 1 is 1.45 bits per heavy atom. The van der Waals surface area contributed by atoms with Crippen LogP contribution >= 0.6 is 0 Å². The molecule has 22 heavy (non-hydrogen) atoms. The van der Waals surface area contributed by atoms with E-state index in [-0.39, 0.29) is 23.7 Å². The highest BCUT2D eigenvalue weighted by Gasteiger charge is 2.21. The number of aryl methyl sites for hydroxylation is 1. The van der Waals surface area contributed by atoms with Crippen molar-refractivity contribution in [2.24, 2.45) is 5.73 Å². The number of nitrogens with zero attached hydrogens (tertiary/aromatic N) is 2. The molecule has 2 aromatic rings. The van der Waals surface area contributed by atoms with Crippen LogP contribution in [0.2, 0.25) is 0 Å². The van der Waals surface area contributed by atoms with E-state index in [0.717, 1.165) is 0 Å². The van der Waals surface area contributed by atoms with Gasteiger partial charge in [0.25, 0.3) is 5.91 Å². The summed E-state index contributed by atoms with van der Waals surface area (Å²) in [6.45, 7) is 1.23. The minimum Gasteiger partial charge on any atom is -0.483 e. The van der Waals surface area contributed by atoms with E-state index in [1.54, 1.807) is 30.3 Å². The Balaban J connectivity index is 2.27. The fraction of sp³-hybridized carbons (Fsp3) is 0.143. The lowest BCUT2D eigenvalue weighted by Gasteiger charge is -2.06. The Hall–Kier alpha value is -3.16. The minimum absolute atomic E-state index is 0.0344. The lowest BCUT2D eigenvalue weighted by atomic mass is 10.1. The molecule has 2 rings (SSSR count). The van der Waals surface area contributed by atoms with Crippen molar-refractivity contribution in [3.63, 3.8) is 0 Å². The highest BCUT2D eigenvalue weighted by Crippen LogP contribution is 2.26. The summed E-state index contributed by atoms with van der Waals surface area (Å²) >= 11 is 0. The van der Waals surface area contributed by atoms with Gasteiger partial charge in [-0.05, 0) is 25.1 Å². The summed E-state index contributed by atoms with van der Waals surface area (Å²) in [7, 11) is 0. The van der Waals surface area contributed by atoms with Gasteiger partial charge in [-0.15, -0.1) is 0 Å². The van der Waals surface area contributed by atoms with Crippen LogP contribution in [0, 0.1) is 17.0 Å². The third-order valence-electron chi connectivity index (χ3n) is 2.74. The maximum Gasteiger partial charge on any atom is 0.338 e. The SMILES string of the molecule is Cc1noc(C=Cc2ccccc2OCC(N)=O)c1[N+](=O)[O-]. The number of primary amides is 1. The average molecular weight is 303 g/mol. The van der Waals surface area contributed by atoms with Crippen LogP contribution in [0.5, 0.6) is 5.75 Å². The summed E-state index contributed by atoms with van der Waals surface area (Å²) in [4.78, 5) is 21.2. The van der Waals surface area contributed by atoms with Crippen molar-refractivity contribution in [2.45, 2.75) is 6.92 Å². The third-order valence-corrected chi connectivity index (χ3v) is 2.74. The molecule has 0 aliphatic heterocycles. The number of nitro groups is 1. The molecule has 1 heterocycles. The molecule has 0 atom stereocenters. The van der Waals surface area contributed by atoms with Gasteiger partial charge in [0, 0.05) is 5.56 Å². The molecule has 0 bridgehead atoms. The second-order valence-corrected chi connectivity index (χ2v) is 4.36. The van der Waals surface area contributed by atoms with E-state index in [9.17, 15) is 14.9 Å². The number of carbonyl (C=O) groups is 1. The van der Waals surface area contributed by atoms with Gasteiger partial charge in [-0.1, -0.05) is 23.4 Å². The van der Waals surface area contributed by atoms with E-state index in [1.807, 2.05) is 0 Å². The largest absolute Gasteiger partial charge is 0.483 e. The summed E-state index contributed by atoms with van der Waals surface area (Å²) in [5, 5.41) is 14.5. The highest BCUT2D eigenvalue weighted by molar-refractivity contribution is 5.76. The lowest BCUT2D eigenvalue weighted by Crippen LogP contribution is -2.20. The molecule has 1 amide bonds. The van der Waals surface area contributed by atoms with Crippen LogP contribution in [0.15, 0.2) is 28.8 Å². The molecule has 0 saturated heterocycles. The van der Waals surface area contributed by atoms with Gasteiger partial charge in [0.1, 0.15) is 5.75 Å². The number of nitrogens with two attached hydrogens (primary N) is 1. The van der Waals surface area contributed by atoms with E-state index in [4.69, 9.17) is 15.0 Å². The Labute approximate surface area is 125 Å².